The van der Waals surface area contributed by atoms with Crippen LogP contribution < -0.4 is 10.9 Å². The lowest BCUT2D eigenvalue weighted by Crippen LogP contribution is -2.41. The Morgan fingerprint density at radius 2 is 2.03 bits per heavy atom. The van der Waals surface area contributed by atoms with Crippen LogP contribution in [0.15, 0.2) is 47.5 Å². The normalized spacial score (nSPS) is 16.4. The molecule has 1 amide bonds. The second kappa shape index (κ2) is 10.9. The fourth-order valence-electron chi connectivity index (χ4n) is 4.50. The van der Waals surface area contributed by atoms with Crippen molar-refractivity contribution < 1.29 is 4.79 Å². The average molecular weight is 468 g/mol. The van der Waals surface area contributed by atoms with Crippen LogP contribution in [0.1, 0.15) is 43.9 Å². The van der Waals surface area contributed by atoms with Gasteiger partial charge in [-0.05, 0) is 49.6 Å². The highest BCUT2D eigenvalue weighted by atomic mass is 35.5. The number of halogens is 1. The number of hydrogen-bond donors (Lipinski definition) is 1. The van der Waals surface area contributed by atoms with Gasteiger partial charge in [0.05, 0.1) is 17.6 Å². The molecule has 1 saturated heterocycles. The van der Waals surface area contributed by atoms with Crippen LogP contribution in [0.5, 0.6) is 0 Å². The first-order chi connectivity index (χ1) is 16.0. The van der Waals surface area contributed by atoms with Crippen molar-refractivity contribution in [2.75, 3.05) is 19.6 Å². The van der Waals surface area contributed by atoms with Crippen molar-refractivity contribution in [3.63, 3.8) is 0 Å². The van der Waals surface area contributed by atoms with Crippen LogP contribution in [0.4, 0.5) is 0 Å². The Morgan fingerprint density at radius 1 is 1.21 bits per heavy atom. The monoisotopic (exact) mass is 467 g/mol. The summed E-state index contributed by atoms with van der Waals surface area (Å²) in [5.74, 6) is 0.0983. The molecule has 1 N–H and O–H groups in total. The number of aromatic nitrogens is 3. The van der Waals surface area contributed by atoms with E-state index >= 15 is 0 Å². The van der Waals surface area contributed by atoms with Gasteiger partial charge < -0.3 is 5.32 Å². The number of pyridine rings is 1. The SMILES string of the molecule is CCCC(=O)NCCN1CCC[C@@H]1Cn1nc(Cc2ccc(Cl)cc2)c2cnccc2c1=O. The minimum absolute atomic E-state index is 0.0876. The van der Waals surface area contributed by atoms with Gasteiger partial charge in [-0.1, -0.05) is 30.7 Å². The molecule has 7 nitrogen and oxygen atoms in total. The van der Waals surface area contributed by atoms with Crippen LogP contribution in [-0.2, 0) is 17.8 Å². The molecule has 0 spiro atoms. The maximum atomic E-state index is 13.2. The molecule has 1 atom stereocenters. The smallest absolute Gasteiger partial charge is 0.274 e. The fourth-order valence-corrected chi connectivity index (χ4v) is 4.62. The summed E-state index contributed by atoms with van der Waals surface area (Å²) in [4.78, 5) is 31.6. The summed E-state index contributed by atoms with van der Waals surface area (Å²) in [7, 11) is 0. The van der Waals surface area contributed by atoms with Gasteiger partial charge in [0.25, 0.3) is 5.56 Å². The third-order valence-electron chi connectivity index (χ3n) is 6.20. The molecule has 0 unspecified atom stereocenters. The van der Waals surface area contributed by atoms with Crippen LogP contribution in [0, 0.1) is 0 Å². The zero-order chi connectivity index (χ0) is 23.2. The maximum Gasteiger partial charge on any atom is 0.274 e. The molecule has 8 heteroatoms. The van der Waals surface area contributed by atoms with Crippen LogP contribution in [0.25, 0.3) is 10.8 Å². The molecule has 1 aliphatic heterocycles. The van der Waals surface area contributed by atoms with Crippen LogP contribution in [0.2, 0.25) is 5.02 Å². The Balaban J connectivity index is 1.54. The van der Waals surface area contributed by atoms with Crippen molar-refractivity contribution in [2.24, 2.45) is 0 Å². The van der Waals surface area contributed by atoms with E-state index in [1.165, 1.54) is 0 Å². The lowest BCUT2D eigenvalue weighted by Gasteiger charge is -2.25. The molecule has 0 radical (unpaired) electrons. The summed E-state index contributed by atoms with van der Waals surface area (Å²) < 4.78 is 1.62. The number of carbonyl (C=O) groups excluding carboxylic acids is 1. The molecule has 2 aromatic heterocycles. The molecule has 1 aliphatic rings. The number of amides is 1. The molecule has 1 fully saturated rings. The molecule has 4 rings (SSSR count). The molecule has 3 aromatic rings. The largest absolute Gasteiger partial charge is 0.355 e. The van der Waals surface area contributed by atoms with Crippen molar-refractivity contribution in [3.8, 4) is 0 Å². The van der Waals surface area contributed by atoms with Gasteiger partial charge in [-0.3, -0.25) is 19.5 Å². The first-order valence-corrected chi connectivity index (χ1v) is 12.0. The third-order valence-corrected chi connectivity index (χ3v) is 6.46. The maximum absolute atomic E-state index is 13.2. The van der Waals surface area contributed by atoms with E-state index in [9.17, 15) is 9.59 Å². The van der Waals surface area contributed by atoms with Crippen molar-refractivity contribution in [1.29, 1.82) is 0 Å². The van der Waals surface area contributed by atoms with Gasteiger partial charge in [0, 0.05) is 54.8 Å². The van der Waals surface area contributed by atoms with E-state index in [-0.39, 0.29) is 17.5 Å². The van der Waals surface area contributed by atoms with Gasteiger partial charge in [-0.25, -0.2) is 4.68 Å². The van der Waals surface area contributed by atoms with E-state index in [0.29, 0.717) is 36.3 Å². The molecular formula is C25H30ClN5O2. The predicted octanol–water partition coefficient (Wildman–Crippen LogP) is 3.42. The predicted molar refractivity (Wildman–Crippen MR) is 131 cm³/mol. The van der Waals surface area contributed by atoms with E-state index < -0.39 is 0 Å². The highest BCUT2D eigenvalue weighted by Gasteiger charge is 2.26. The highest BCUT2D eigenvalue weighted by molar-refractivity contribution is 6.30. The summed E-state index contributed by atoms with van der Waals surface area (Å²) >= 11 is 6.03. The molecule has 0 bridgehead atoms. The zero-order valence-electron chi connectivity index (χ0n) is 19.0. The number of rotatable bonds is 9. The Hall–Kier alpha value is -2.77. The van der Waals surface area contributed by atoms with Crippen molar-refractivity contribution in [3.05, 3.63) is 69.4 Å². The van der Waals surface area contributed by atoms with Gasteiger partial charge in [-0.2, -0.15) is 5.10 Å². The summed E-state index contributed by atoms with van der Waals surface area (Å²) in [5.41, 5.74) is 1.82. The van der Waals surface area contributed by atoms with Gasteiger partial charge >= 0.3 is 0 Å². The van der Waals surface area contributed by atoms with E-state index in [0.717, 1.165) is 49.0 Å². The highest BCUT2D eigenvalue weighted by Crippen LogP contribution is 2.20. The lowest BCUT2D eigenvalue weighted by atomic mass is 10.1. The fraction of sp³-hybridized carbons (Fsp3) is 0.440. The number of benzene rings is 1. The van der Waals surface area contributed by atoms with Gasteiger partial charge in [0.1, 0.15) is 0 Å². The van der Waals surface area contributed by atoms with Crippen molar-refractivity contribution >= 4 is 28.3 Å². The Bertz CT molecular complexity index is 1160. The number of likely N-dealkylation sites (tertiary alicyclic amines) is 1. The summed E-state index contributed by atoms with van der Waals surface area (Å²) in [6.45, 7) is 4.92. The number of nitrogens with one attached hydrogen (secondary N) is 1. The summed E-state index contributed by atoms with van der Waals surface area (Å²) in [5, 5.41) is 9.89. The Labute approximate surface area is 198 Å². The summed E-state index contributed by atoms with van der Waals surface area (Å²) in [6, 6.07) is 9.68. The van der Waals surface area contributed by atoms with Crippen LogP contribution >= 0.6 is 11.6 Å². The summed E-state index contributed by atoms with van der Waals surface area (Å²) in [6.07, 6.45) is 7.47. The standard InChI is InChI=1S/C25H30ClN5O2/c1-2-4-24(32)28-12-14-30-13-3-5-20(30)17-31-25(33)21-10-11-27-16-22(21)23(29-31)15-18-6-8-19(26)9-7-18/h6-11,16,20H,2-5,12-15,17H2,1H3,(H,28,32)/t20-/m1/s1. The van der Waals surface area contributed by atoms with Crippen molar-refractivity contribution in [2.45, 2.75) is 51.6 Å². The molecule has 174 valence electrons. The number of hydrogen-bond acceptors (Lipinski definition) is 5. The third kappa shape index (κ3) is 5.78. The van der Waals surface area contributed by atoms with E-state index in [4.69, 9.17) is 16.7 Å². The second-order valence-corrected chi connectivity index (χ2v) is 9.03. The van der Waals surface area contributed by atoms with Crippen molar-refractivity contribution in [1.82, 2.24) is 25.0 Å². The van der Waals surface area contributed by atoms with E-state index in [1.54, 1.807) is 23.1 Å². The topological polar surface area (TPSA) is 80.1 Å². The van der Waals surface area contributed by atoms with Crippen LogP contribution in [0.3, 0.4) is 0 Å². The second-order valence-electron chi connectivity index (χ2n) is 8.59. The van der Waals surface area contributed by atoms with E-state index in [1.807, 2.05) is 31.2 Å². The molecule has 33 heavy (non-hydrogen) atoms. The minimum Gasteiger partial charge on any atom is -0.355 e. The first-order valence-electron chi connectivity index (χ1n) is 11.6. The number of fused-ring (bicyclic) bond motifs is 1. The number of carbonyl (C=O) groups is 1. The molecular weight excluding hydrogens is 438 g/mol. The molecule has 0 aliphatic carbocycles. The first kappa shape index (κ1) is 23.4. The molecule has 1 aromatic carbocycles. The lowest BCUT2D eigenvalue weighted by molar-refractivity contribution is -0.121. The van der Waals surface area contributed by atoms with Gasteiger partial charge in [0.2, 0.25) is 5.91 Å². The van der Waals surface area contributed by atoms with E-state index in [2.05, 4.69) is 15.2 Å². The number of nitrogens with zero attached hydrogens (tertiary/aromatic N) is 4. The Morgan fingerprint density at radius 3 is 2.82 bits per heavy atom. The zero-order valence-corrected chi connectivity index (χ0v) is 19.7. The minimum atomic E-state index is -0.0876. The molecule has 0 saturated carbocycles. The average Bonchev–Trinajstić information content (AvgIpc) is 3.25. The van der Waals surface area contributed by atoms with Gasteiger partial charge in [-0.15, -0.1) is 0 Å². The Kier molecular flexibility index (Phi) is 7.73. The quantitative estimate of drug-likeness (QED) is 0.521. The van der Waals surface area contributed by atoms with Gasteiger partial charge in [0.15, 0.2) is 0 Å². The molecule has 3 heterocycles. The van der Waals surface area contributed by atoms with Crippen LogP contribution in [-0.4, -0.2) is 51.2 Å².